The lowest BCUT2D eigenvalue weighted by Gasteiger charge is -1.98. The number of hydrogen-bond acceptors (Lipinski definition) is 3. The normalized spacial score (nSPS) is 11.3. The summed E-state index contributed by atoms with van der Waals surface area (Å²) in [5.74, 6) is 0. The fourth-order valence-corrected chi connectivity index (χ4v) is 3.55. The number of nitriles is 1. The number of halogens is 2. The summed E-state index contributed by atoms with van der Waals surface area (Å²) < 4.78 is 1.01. The Morgan fingerprint density at radius 1 is 1.17 bits per heavy atom. The Morgan fingerprint density at radius 3 is 2.46 bits per heavy atom. The Balaban J connectivity index is 1.99. The molecular weight excluding hydrogens is 404 g/mol. The predicted octanol–water partition coefficient (Wildman–Crippen LogP) is 6.60. The zero-order valence-corrected chi connectivity index (χ0v) is 15.9. The van der Waals surface area contributed by atoms with Crippen molar-refractivity contribution in [2.45, 2.75) is 6.92 Å². The van der Waals surface area contributed by atoms with Crippen molar-refractivity contribution in [3.05, 3.63) is 73.5 Å². The molecule has 0 atom stereocenters. The van der Waals surface area contributed by atoms with E-state index >= 15 is 0 Å². The van der Waals surface area contributed by atoms with Crippen molar-refractivity contribution in [2.75, 3.05) is 0 Å². The van der Waals surface area contributed by atoms with Gasteiger partial charge in [0.2, 0.25) is 0 Å². The van der Waals surface area contributed by atoms with E-state index in [1.165, 1.54) is 11.3 Å². The molecular formula is C19H12BrClN2S. The monoisotopic (exact) mass is 414 g/mol. The first-order valence-corrected chi connectivity index (χ1v) is 9.16. The van der Waals surface area contributed by atoms with Gasteiger partial charge in [-0.1, -0.05) is 51.8 Å². The average molecular weight is 416 g/mol. The summed E-state index contributed by atoms with van der Waals surface area (Å²) in [6.45, 7) is 2.01. The van der Waals surface area contributed by atoms with E-state index in [2.05, 4.69) is 27.0 Å². The van der Waals surface area contributed by atoms with Crippen molar-refractivity contribution in [3.8, 4) is 17.3 Å². The molecule has 0 radical (unpaired) electrons. The van der Waals surface area contributed by atoms with Crippen LogP contribution >= 0.6 is 38.9 Å². The van der Waals surface area contributed by atoms with Crippen molar-refractivity contribution in [3.63, 3.8) is 0 Å². The van der Waals surface area contributed by atoms with Crippen LogP contribution in [0.5, 0.6) is 0 Å². The molecule has 0 saturated heterocycles. The summed E-state index contributed by atoms with van der Waals surface area (Å²) in [7, 11) is 0. The SMILES string of the molecule is Cc1sc(/C(C#N)=C/c2ccc(Br)cc2)nc1-c1ccc(Cl)cc1. The van der Waals surface area contributed by atoms with Gasteiger partial charge in [-0.25, -0.2) is 4.98 Å². The van der Waals surface area contributed by atoms with Gasteiger partial charge in [0.05, 0.1) is 11.3 Å². The molecule has 1 heterocycles. The predicted molar refractivity (Wildman–Crippen MR) is 105 cm³/mol. The van der Waals surface area contributed by atoms with Gasteiger partial charge in [0.1, 0.15) is 11.1 Å². The summed E-state index contributed by atoms with van der Waals surface area (Å²) in [6, 6.07) is 17.7. The maximum Gasteiger partial charge on any atom is 0.134 e. The molecule has 0 saturated carbocycles. The van der Waals surface area contributed by atoms with Gasteiger partial charge in [-0.15, -0.1) is 11.3 Å². The topological polar surface area (TPSA) is 36.7 Å². The Labute approximate surface area is 158 Å². The van der Waals surface area contributed by atoms with Gasteiger partial charge in [0, 0.05) is 19.9 Å². The molecule has 24 heavy (non-hydrogen) atoms. The van der Waals surface area contributed by atoms with E-state index in [0.717, 1.165) is 31.2 Å². The second kappa shape index (κ2) is 7.31. The van der Waals surface area contributed by atoms with Crippen LogP contribution in [-0.4, -0.2) is 4.98 Å². The average Bonchev–Trinajstić information content (AvgIpc) is 2.96. The number of rotatable bonds is 3. The van der Waals surface area contributed by atoms with Gasteiger partial charge in [0.15, 0.2) is 0 Å². The highest BCUT2D eigenvalue weighted by Crippen LogP contribution is 2.32. The molecule has 5 heteroatoms. The number of hydrogen-bond donors (Lipinski definition) is 0. The number of aryl methyl sites for hydroxylation is 1. The third-order valence-electron chi connectivity index (χ3n) is 3.45. The van der Waals surface area contributed by atoms with Gasteiger partial charge in [-0.2, -0.15) is 5.26 Å². The Kier molecular flexibility index (Phi) is 5.15. The van der Waals surface area contributed by atoms with Gasteiger partial charge < -0.3 is 0 Å². The van der Waals surface area contributed by atoms with Crippen LogP contribution in [0.2, 0.25) is 5.02 Å². The molecule has 0 bridgehead atoms. The minimum Gasteiger partial charge on any atom is -0.235 e. The largest absolute Gasteiger partial charge is 0.235 e. The number of thiazole rings is 1. The van der Waals surface area contributed by atoms with Crippen LogP contribution in [0.1, 0.15) is 15.4 Å². The minimum atomic E-state index is 0.561. The molecule has 0 aliphatic rings. The summed E-state index contributed by atoms with van der Waals surface area (Å²) in [4.78, 5) is 5.74. The van der Waals surface area contributed by atoms with Crippen molar-refractivity contribution in [2.24, 2.45) is 0 Å². The third kappa shape index (κ3) is 3.76. The van der Waals surface area contributed by atoms with E-state index in [1.807, 2.05) is 61.5 Å². The Hall–Kier alpha value is -1.93. The molecule has 118 valence electrons. The second-order valence-corrected chi connectivity index (χ2v) is 7.71. The van der Waals surface area contributed by atoms with Crippen LogP contribution in [0.25, 0.3) is 22.9 Å². The molecule has 0 fully saturated rings. The molecule has 0 unspecified atom stereocenters. The van der Waals surface area contributed by atoms with Crippen LogP contribution in [0.4, 0.5) is 0 Å². The summed E-state index contributed by atoms with van der Waals surface area (Å²) in [5.41, 5.74) is 3.42. The van der Waals surface area contributed by atoms with E-state index in [4.69, 9.17) is 11.6 Å². The number of allylic oxidation sites excluding steroid dienone is 1. The minimum absolute atomic E-state index is 0.561. The third-order valence-corrected chi connectivity index (χ3v) is 5.23. The van der Waals surface area contributed by atoms with E-state index in [0.29, 0.717) is 10.6 Å². The Bertz CT molecular complexity index is 935. The number of benzene rings is 2. The maximum atomic E-state index is 9.52. The molecule has 0 amide bonds. The van der Waals surface area contributed by atoms with Gasteiger partial charge in [-0.05, 0) is 42.8 Å². The molecule has 0 aliphatic carbocycles. The zero-order valence-electron chi connectivity index (χ0n) is 12.8. The fraction of sp³-hybridized carbons (Fsp3) is 0.0526. The first-order valence-electron chi connectivity index (χ1n) is 7.18. The maximum absolute atomic E-state index is 9.52. The molecule has 1 aromatic heterocycles. The lowest BCUT2D eigenvalue weighted by atomic mass is 10.1. The number of aromatic nitrogens is 1. The standard InChI is InChI=1S/C19H12BrClN2S/c1-12-18(14-4-8-17(21)9-5-14)23-19(24-12)15(11-22)10-13-2-6-16(20)7-3-13/h2-10H,1H3/b15-10+. The van der Waals surface area contributed by atoms with Gasteiger partial charge in [0.25, 0.3) is 0 Å². The highest BCUT2D eigenvalue weighted by molar-refractivity contribution is 9.10. The molecule has 0 N–H and O–H groups in total. The van der Waals surface area contributed by atoms with Gasteiger partial charge >= 0.3 is 0 Å². The van der Waals surface area contributed by atoms with Crippen LogP contribution in [0, 0.1) is 18.3 Å². The van der Waals surface area contributed by atoms with Crippen molar-refractivity contribution in [1.82, 2.24) is 4.98 Å². The van der Waals surface area contributed by atoms with E-state index in [-0.39, 0.29) is 0 Å². The molecule has 3 rings (SSSR count). The zero-order chi connectivity index (χ0) is 17.1. The van der Waals surface area contributed by atoms with Crippen molar-refractivity contribution in [1.29, 1.82) is 5.26 Å². The molecule has 0 spiro atoms. The van der Waals surface area contributed by atoms with E-state index < -0.39 is 0 Å². The molecule has 2 aromatic carbocycles. The van der Waals surface area contributed by atoms with Crippen LogP contribution in [-0.2, 0) is 0 Å². The fourth-order valence-electron chi connectivity index (χ4n) is 2.25. The first kappa shape index (κ1) is 16.9. The van der Waals surface area contributed by atoms with E-state index in [1.54, 1.807) is 0 Å². The summed E-state index contributed by atoms with van der Waals surface area (Å²) in [6.07, 6.45) is 1.86. The quantitative estimate of drug-likeness (QED) is 0.452. The lowest BCUT2D eigenvalue weighted by molar-refractivity contribution is 1.34. The number of nitrogens with zero attached hydrogens (tertiary/aromatic N) is 2. The second-order valence-electron chi connectivity index (χ2n) is 5.15. The first-order chi connectivity index (χ1) is 11.6. The molecule has 0 aliphatic heterocycles. The Morgan fingerprint density at radius 2 is 1.83 bits per heavy atom. The van der Waals surface area contributed by atoms with Crippen LogP contribution in [0.3, 0.4) is 0 Å². The van der Waals surface area contributed by atoms with Crippen molar-refractivity contribution < 1.29 is 0 Å². The summed E-state index contributed by atoms with van der Waals surface area (Å²) >= 11 is 10.9. The lowest BCUT2D eigenvalue weighted by Crippen LogP contribution is -1.83. The summed E-state index contributed by atoms with van der Waals surface area (Å²) in [5, 5.41) is 10.9. The highest BCUT2D eigenvalue weighted by atomic mass is 79.9. The van der Waals surface area contributed by atoms with Crippen LogP contribution < -0.4 is 0 Å². The van der Waals surface area contributed by atoms with Gasteiger partial charge in [-0.3, -0.25) is 0 Å². The highest BCUT2D eigenvalue weighted by Gasteiger charge is 2.13. The molecule has 2 nitrogen and oxygen atoms in total. The van der Waals surface area contributed by atoms with Crippen LogP contribution in [0.15, 0.2) is 53.0 Å². The van der Waals surface area contributed by atoms with Crippen molar-refractivity contribution >= 4 is 50.5 Å². The molecule has 3 aromatic rings. The van der Waals surface area contributed by atoms with E-state index in [9.17, 15) is 5.26 Å². The smallest absolute Gasteiger partial charge is 0.134 e.